The highest BCUT2D eigenvalue weighted by Gasteiger charge is 2.37. The van der Waals surface area contributed by atoms with E-state index in [0.29, 0.717) is 31.1 Å². The van der Waals surface area contributed by atoms with Crippen molar-refractivity contribution in [3.05, 3.63) is 34.9 Å². The molecule has 1 amide bonds. The minimum absolute atomic E-state index is 0.0190. The summed E-state index contributed by atoms with van der Waals surface area (Å²) in [4.78, 5) is 14.2. The number of sulfone groups is 1. The van der Waals surface area contributed by atoms with Gasteiger partial charge in [0.05, 0.1) is 30.6 Å². The molecule has 120 valence electrons. The van der Waals surface area contributed by atoms with Crippen molar-refractivity contribution in [1.29, 1.82) is 0 Å². The molecule has 3 rings (SSSR count). The number of carbonyl (C=O) groups excluding carboxylic acids is 1. The number of amides is 1. The van der Waals surface area contributed by atoms with Gasteiger partial charge in [-0.25, -0.2) is 8.42 Å². The Labute approximate surface area is 135 Å². The molecule has 2 heterocycles. The minimum Gasteiger partial charge on any atom is -0.370 e. The zero-order valence-corrected chi connectivity index (χ0v) is 13.6. The number of nitrogens with zero attached hydrogens (tertiary/aromatic N) is 1. The first-order valence-corrected chi connectivity index (χ1v) is 9.51. The zero-order valence-electron chi connectivity index (χ0n) is 12.1. The van der Waals surface area contributed by atoms with Gasteiger partial charge in [0, 0.05) is 11.6 Å². The molecule has 2 aliphatic rings. The Morgan fingerprint density at radius 3 is 2.64 bits per heavy atom. The second-order valence-electron chi connectivity index (χ2n) is 5.80. The Morgan fingerprint density at radius 1 is 1.27 bits per heavy atom. The van der Waals surface area contributed by atoms with Crippen molar-refractivity contribution in [1.82, 2.24) is 4.90 Å². The van der Waals surface area contributed by atoms with Gasteiger partial charge in [-0.3, -0.25) is 4.79 Å². The van der Waals surface area contributed by atoms with Crippen LogP contribution < -0.4 is 0 Å². The summed E-state index contributed by atoms with van der Waals surface area (Å²) in [6, 6.07) is 7.37. The molecule has 2 aliphatic heterocycles. The van der Waals surface area contributed by atoms with E-state index in [1.165, 1.54) is 0 Å². The first kappa shape index (κ1) is 15.8. The van der Waals surface area contributed by atoms with Crippen molar-refractivity contribution in [3.8, 4) is 0 Å². The summed E-state index contributed by atoms with van der Waals surface area (Å²) in [6.45, 7) is 1.43. The molecular formula is C15H18ClNO4S. The molecular weight excluding hydrogens is 326 g/mol. The average molecular weight is 344 g/mol. The second kappa shape index (κ2) is 6.18. The normalized spacial score (nSPS) is 27.8. The maximum absolute atomic E-state index is 12.5. The van der Waals surface area contributed by atoms with Gasteiger partial charge in [0.15, 0.2) is 9.84 Å². The van der Waals surface area contributed by atoms with E-state index in [9.17, 15) is 13.2 Å². The lowest BCUT2D eigenvalue weighted by Gasteiger charge is -2.34. The molecule has 1 aromatic rings. The molecule has 0 aromatic heterocycles. The molecule has 1 aromatic carbocycles. The van der Waals surface area contributed by atoms with Gasteiger partial charge in [0.1, 0.15) is 6.10 Å². The van der Waals surface area contributed by atoms with Crippen LogP contribution in [0.15, 0.2) is 24.3 Å². The average Bonchev–Trinajstić information content (AvgIpc) is 2.87. The van der Waals surface area contributed by atoms with Crippen LogP contribution in [0.4, 0.5) is 0 Å². The third-order valence-corrected chi connectivity index (χ3v) is 6.22. The number of morpholine rings is 1. The third kappa shape index (κ3) is 3.45. The summed E-state index contributed by atoms with van der Waals surface area (Å²) in [7, 11) is -3.04. The van der Waals surface area contributed by atoms with Crippen LogP contribution in [0.5, 0.6) is 0 Å². The Hall–Kier alpha value is -1.11. The molecule has 0 radical (unpaired) electrons. The van der Waals surface area contributed by atoms with Crippen molar-refractivity contribution in [2.24, 2.45) is 5.92 Å². The fourth-order valence-corrected chi connectivity index (χ4v) is 4.84. The monoisotopic (exact) mass is 343 g/mol. The van der Waals surface area contributed by atoms with Gasteiger partial charge in [0.2, 0.25) is 5.91 Å². The quantitative estimate of drug-likeness (QED) is 0.819. The standard InChI is InChI=1S/C15H18ClNO4S/c16-13-3-1-11(2-4-13)14-9-17(6-7-21-14)15(18)12-5-8-22(19,20)10-12/h1-4,12,14H,5-10H2. The summed E-state index contributed by atoms with van der Waals surface area (Å²) < 4.78 is 28.8. The van der Waals surface area contributed by atoms with E-state index in [4.69, 9.17) is 16.3 Å². The topological polar surface area (TPSA) is 63.7 Å². The van der Waals surface area contributed by atoms with E-state index in [1.54, 1.807) is 17.0 Å². The molecule has 5 nitrogen and oxygen atoms in total. The number of ether oxygens (including phenoxy) is 1. The van der Waals surface area contributed by atoms with Crippen LogP contribution in [0.2, 0.25) is 5.02 Å². The van der Waals surface area contributed by atoms with Gasteiger partial charge >= 0.3 is 0 Å². The van der Waals surface area contributed by atoms with Gasteiger partial charge in [0.25, 0.3) is 0 Å². The molecule has 2 atom stereocenters. The van der Waals surface area contributed by atoms with Crippen LogP contribution in [-0.4, -0.2) is 50.4 Å². The van der Waals surface area contributed by atoms with E-state index in [1.807, 2.05) is 12.1 Å². The number of hydrogen-bond donors (Lipinski definition) is 0. The van der Waals surface area contributed by atoms with Crippen LogP contribution in [0.25, 0.3) is 0 Å². The molecule has 2 saturated heterocycles. The minimum atomic E-state index is -3.04. The van der Waals surface area contributed by atoms with Crippen LogP contribution in [0, 0.1) is 5.92 Å². The molecule has 2 fully saturated rings. The predicted octanol–water partition coefficient (Wildman–Crippen LogP) is 1.67. The van der Waals surface area contributed by atoms with Gasteiger partial charge in [-0.1, -0.05) is 23.7 Å². The lowest BCUT2D eigenvalue weighted by molar-refractivity contribution is -0.142. The van der Waals surface area contributed by atoms with Crippen LogP contribution in [-0.2, 0) is 19.4 Å². The van der Waals surface area contributed by atoms with Crippen LogP contribution in [0.1, 0.15) is 18.1 Å². The summed E-state index contributed by atoms with van der Waals surface area (Å²) in [6.07, 6.45) is 0.248. The summed E-state index contributed by atoms with van der Waals surface area (Å²) in [5, 5.41) is 0.656. The maximum atomic E-state index is 12.5. The first-order valence-electron chi connectivity index (χ1n) is 7.31. The Bertz CT molecular complexity index is 659. The number of benzene rings is 1. The second-order valence-corrected chi connectivity index (χ2v) is 8.46. The van der Waals surface area contributed by atoms with Gasteiger partial charge in [-0.05, 0) is 24.1 Å². The van der Waals surface area contributed by atoms with E-state index < -0.39 is 15.8 Å². The Balaban J connectivity index is 1.68. The van der Waals surface area contributed by atoms with Gasteiger partial charge in [-0.2, -0.15) is 0 Å². The molecule has 0 N–H and O–H groups in total. The van der Waals surface area contributed by atoms with Crippen molar-refractivity contribution in [3.63, 3.8) is 0 Å². The number of carbonyl (C=O) groups is 1. The highest BCUT2D eigenvalue weighted by molar-refractivity contribution is 7.91. The van der Waals surface area contributed by atoms with Crippen molar-refractivity contribution in [2.75, 3.05) is 31.2 Å². The molecule has 7 heteroatoms. The van der Waals surface area contributed by atoms with Crippen LogP contribution in [0.3, 0.4) is 0 Å². The largest absolute Gasteiger partial charge is 0.370 e. The first-order chi connectivity index (χ1) is 10.4. The molecule has 0 spiro atoms. The van der Waals surface area contributed by atoms with E-state index in [-0.39, 0.29) is 23.5 Å². The maximum Gasteiger partial charge on any atom is 0.226 e. The Kier molecular flexibility index (Phi) is 4.43. The summed E-state index contributed by atoms with van der Waals surface area (Å²) in [5.41, 5.74) is 0.973. The van der Waals surface area contributed by atoms with E-state index in [2.05, 4.69) is 0 Å². The molecule has 22 heavy (non-hydrogen) atoms. The summed E-state index contributed by atoms with van der Waals surface area (Å²) >= 11 is 5.88. The van der Waals surface area contributed by atoms with Gasteiger partial charge < -0.3 is 9.64 Å². The van der Waals surface area contributed by atoms with Crippen LogP contribution >= 0.6 is 11.6 Å². The third-order valence-electron chi connectivity index (χ3n) is 4.20. The number of halogens is 1. The Morgan fingerprint density at radius 2 is 2.00 bits per heavy atom. The fourth-order valence-electron chi connectivity index (χ4n) is 2.98. The fraction of sp³-hybridized carbons (Fsp3) is 0.533. The number of rotatable bonds is 2. The van der Waals surface area contributed by atoms with E-state index in [0.717, 1.165) is 5.56 Å². The molecule has 0 aliphatic carbocycles. The predicted molar refractivity (Wildman–Crippen MR) is 83.5 cm³/mol. The molecule has 0 saturated carbocycles. The van der Waals surface area contributed by atoms with Crippen molar-refractivity contribution < 1.29 is 17.9 Å². The highest BCUT2D eigenvalue weighted by atomic mass is 35.5. The lowest BCUT2D eigenvalue weighted by atomic mass is 10.0. The number of hydrogen-bond acceptors (Lipinski definition) is 4. The smallest absolute Gasteiger partial charge is 0.226 e. The highest BCUT2D eigenvalue weighted by Crippen LogP contribution is 2.27. The summed E-state index contributed by atoms with van der Waals surface area (Å²) in [5.74, 6) is -0.360. The molecule has 2 unspecified atom stereocenters. The van der Waals surface area contributed by atoms with E-state index >= 15 is 0 Å². The van der Waals surface area contributed by atoms with Crippen molar-refractivity contribution in [2.45, 2.75) is 12.5 Å². The molecule has 0 bridgehead atoms. The zero-order chi connectivity index (χ0) is 15.7. The SMILES string of the molecule is O=C(C1CCS(=O)(=O)C1)N1CCOC(c2ccc(Cl)cc2)C1. The lowest BCUT2D eigenvalue weighted by Crippen LogP contribution is -2.45. The van der Waals surface area contributed by atoms with Crippen molar-refractivity contribution >= 4 is 27.3 Å². The van der Waals surface area contributed by atoms with Gasteiger partial charge in [-0.15, -0.1) is 0 Å².